The summed E-state index contributed by atoms with van der Waals surface area (Å²) in [6.07, 6.45) is 1.59. The second-order valence-electron chi connectivity index (χ2n) is 5.29. The molecule has 2 rings (SSSR count). The van der Waals surface area contributed by atoms with Gasteiger partial charge in [0, 0.05) is 20.3 Å². The first-order chi connectivity index (χ1) is 11.0. The van der Waals surface area contributed by atoms with Gasteiger partial charge in [-0.3, -0.25) is 9.59 Å². The molecule has 0 spiro atoms. The number of aromatic nitrogens is 1. The van der Waals surface area contributed by atoms with Gasteiger partial charge in [-0.2, -0.15) is 0 Å². The maximum Gasteiger partial charge on any atom is 0.270 e. The van der Waals surface area contributed by atoms with Crippen LogP contribution in [0, 0.1) is 0 Å². The molecule has 0 saturated heterocycles. The van der Waals surface area contributed by atoms with Gasteiger partial charge in [-0.15, -0.1) is 0 Å². The number of benzene rings is 1. The van der Waals surface area contributed by atoms with Crippen molar-refractivity contribution in [2.75, 3.05) is 14.1 Å². The zero-order valence-electron chi connectivity index (χ0n) is 13.0. The van der Waals surface area contributed by atoms with Crippen LogP contribution in [0.2, 0.25) is 5.02 Å². The van der Waals surface area contributed by atoms with Gasteiger partial charge in [-0.05, 0) is 17.7 Å². The Kier molecular flexibility index (Phi) is 5.71. The van der Waals surface area contributed by atoms with E-state index in [1.165, 1.54) is 11.1 Å². The monoisotopic (exact) mass is 331 g/mol. The van der Waals surface area contributed by atoms with E-state index in [0.717, 1.165) is 5.56 Å². The first kappa shape index (κ1) is 17.0. The molecule has 1 aromatic carbocycles. The Labute approximate surface area is 140 Å². The Hall–Kier alpha value is -2.40. The lowest BCUT2D eigenvalue weighted by Gasteiger charge is -2.20. The summed E-state index contributed by atoms with van der Waals surface area (Å²) in [5.41, 5.74) is 1.12. The number of amides is 2. The third kappa shape index (κ3) is 4.79. The minimum absolute atomic E-state index is 0.0665. The molecular formula is C17H18ClN3O2. The highest BCUT2D eigenvalue weighted by molar-refractivity contribution is 6.30. The van der Waals surface area contributed by atoms with Gasteiger partial charge in [0.05, 0.1) is 17.5 Å². The van der Waals surface area contributed by atoms with E-state index in [2.05, 4.69) is 10.3 Å². The van der Waals surface area contributed by atoms with Crippen molar-refractivity contribution < 1.29 is 9.59 Å². The molecule has 5 nitrogen and oxygen atoms in total. The molecule has 0 aliphatic carbocycles. The highest BCUT2D eigenvalue weighted by atomic mass is 35.5. The van der Waals surface area contributed by atoms with E-state index in [-0.39, 0.29) is 23.9 Å². The normalized spacial score (nSPS) is 11.6. The lowest BCUT2D eigenvalue weighted by Crippen LogP contribution is -2.33. The molecule has 1 N–H and O–H groups in total. The van der Waals surface area contributed by atoms with Crippen molar-refractivity contribution in [1.29, 1.82) is 0 Å². The van der Waals surface area contributed by atoms with Crippen molar-refractivity contribution in [3.05, 3.63) is 64.9 Å². The van der Waals surface area contributed by atoms with Crippen molar-refractivity contribution >= 4 is 23.4 Å². The van der Waals surface area contributed by atoms with Crippen molar-refractivity contribution in [3.63, 3.8) is 0 Å². The van der Waals surface area contributed by atoms with Crippen LogP contribution in [-0.4, -0.2) is 35.8 Å². The van der Waals surface area contributed by atoms with E-state index in [9.17, 15) is 9.59 Å². The molecule has 0 unspecified atom stereocenters. The lowest BCUT2D eigenvalue weighted by atomic mass is 10.0. The van der Waals surface area contributed by atoms with Gasteiger partial charge in [0.25, 0.3) is 5.91 Å². The van der Waals surface area contributed by atoms with Crippen LogP contribution >= 0.6 is 11.6 Å². The maximum absolute atomic E-state index is 12.3. The number of nitrogens with zero attached hydrogens (tertiary/aromatic N) is 2. The zero-order valence-corrected chi connectivity index (χ0v) is 13.7. The highest BCUT2D eigenvalue weighted by Gasteiger charge is 2.20. The SMILES string of the molecule is CN(C)C(=O)C[C@H](NC(=O)c1ccc(Cl)cn1)c1ccccc1. The van der Waals surface area contributed by atoms with Crippen molar-refractivity contribution in [1.82, 2.24) is 15.2 Å². The topological polar surface area (TPSA) is 62.3 Å². The molecule has 2 aromatic rings. The summed E-state index contributed by atoms with van der Waals surface area (Å²) in [6, 6.07) is 12.1. The molecule has 23 heavy (non-hydrogen) atoms. The maximum atomic E-state index is 12.3. The number of pyridine rings is 1. The van der Waals surface area contributed by atoms with Gasteiger partial charge >= 0.3 is 0 Å². The molecular weight excluding hydrogens is 314 g/mol. The number of carbonyl (C=O) groups is 2. The number of hydrogen-bond donors (Lipinski definition) is 1. The molecule has 0 fully saturated rings. The second kappa shape index (κ2) is 7.74. The summed E-state index contributed by atoms with van der Waals surface area (Å²) in [4.78, 5) is 29.9. The van der Waals surface area contributed by atoms with E-state index in [0.29, 0.717) is 5.02 Å². The van der Waals surface area contributed by atoms with Crippen LogP contribution in [0.1, 0.15) is 28.5 Å². The van der Waals surface area contributed by atoms with Crippen LogP contribution in [0.4, 0.5) is 0 Å². The van der Waals surface area contributed by atoms with E-state index >= 15 is 0 Å². The molecule has 120 valence electrons. The van der Waals surface area contributed by atoms with Crippen LogP contribution < -0.4 is 5.32 Å². The van der Waals surface area contributed by atoms with Crippen molar-refractivity contribution in [3.8, 4) is 0 Å². The number of rotatable bonds is 5. The molecule has 1 atom stereocenters. The predicted molar refractivity (Wildman–Crippen MR) is 89.2 cm³/mol. The lowest BCUT2D eigenvalue weighted by molar-refractivity contribution is -0.129. The first-order valence-corrected chi connectivity index (χ1v) is 7.52. The summed E-state index contributed by atoms with van der Waals surface area (Å²) in [5.74, 6) is -0.412. The molecule has 6 heteroatoms. The third-order valence-electron chi connectivity index (χ3n) is 3.34. The molecule has 1 aromatic heterocycles. The highest BCUT2D eigenvalue weighted by Crippen LogP contribution is 2.18. The number of carbonyl (C=O) groups excluding carboxylic acids is 2. The van der Waals surface area contributed by atoms with Gasteiger partial charge < -0.3 is 10.2 Å². The van der Waals surface area contributed by atoms with E-state index in [1.54, 1.807) is 26.2 Å². The molecule has 1 heterocycles. The smallest absolute Gasteiger partial charge is 0.270 e. The van der Waals surface area contributed by atoms with Gasteiger partial charge in [-0.1, -0.05) is 41.9 Å². The predicted octanol–water partition coefficient (Wildman–Crippen LogP) is 2.68. The molecule has 0 saturated carbocycles. The molecule has 0 aliphatic rings. The van der Waals surface area contributed by atoms with Crippen molar-refractivity contribution in [2.45, 2.75) is 12.5 Å². The van der Waals surface area contributed by atoms with Crippen LogP contribution in [0.25, 0.3) is 0 Å². The number of halogens is 1. The summed E-state index contributed by atoms with van der Waals surface area (Å²) in [6.45, 7) is 0. The quantitative estimate of drug-likeness (QED) is 0.916. The molecule has 2 amide bonds. The Morgan fingerprint density at radius 3 is 2.43 bits per heavy atom. The van der Waals surface area contributed by atoms with Gasteiger partial charge in [0.1, 0.15) is 5.69 Å². The summed E-state index contributed by atoms with van der Waals surface area (Å²) in [5, 5.41) is 3.32. The van der Waals surface area contributed by atoms with Crippen LogP contribution in [0.5, 0.6) is 0 Å². The summed E-state index contributed by atoms with van der Waals surface area (Å²) >= 11 is 5.78. The molecule has 0 radical (unpaired) electrons. The fraction of sp³-hybridized carbons (Fsp3) is 0.235. The van der Waals surface area contributed by atoms with Crippen LogP contribution in [0.15, 0.2) is 48.7 Å². The fourth-order valence-corrected chi connectivity index (χ4v) is 2.15. The van der Waals surface area contributed by atoms with Crippen molar-refractivity contribution in [2.24, 2.45) is 0 Å². The Morgan fingerprint density at radius 2 is 1.87 bits per heavy atom. The average Bonchev–Trinajstić information content (AvgIpc) is 2.55. The second-order valence-corrected chi connectivity index (χ2v) is 5.73. The minimum Gasteiger partial charge on any atom is -0.349 e. The van der Waals surface area contributed by atoms with E-state index in [1.807, 2.05) is 30.3 Å². The fourth-order valence-electron chi connectivity index (χ4n) is 2.04. The molecule has 0 bridgehead atoms. The first-order valence-electron chi connectivity index (χ1n) is 7.15. The van der Waals surface area contributed by atoms with E-state index in [4.69, 9.17) is 11.6 Å². The van der Waals surface area contributed by atoms with Gasteiger partial charge in [0.15, 0.2) is 0 Å². The Bertz CT molecular complexity index is 672. The third-order valence-corrected chi connectivity index (χ3v) is 3.57. The Balaban J connectivity index is 2.18. The number of hydrogen-bond acceptors (Lipinski definition) is 3. The zero-order chi connectivity index (χ0) is 16.8. The Morgan fingerprint density at radius 1 is 1.17 bits per heavy atom. The molecule has 0 aliphatic heterocycles. The largest absolute Gasteiger partial charge is 0.349 e. The van der Waals surface area contributed by atoms with Crippen LogP contribution in [-0.2, 0) is 4.79 Å². The standard InChI is InChI=1S/C17H18ClN3O2/c1-21(2)16(22)10-15(12-6-4-3-5-7-12)20-17(23)14-9-8-13(18)11-19-14/h3-9,11,15H,10H2,1-2H3,(H,20,23)/t15-/m0/s1. The van der Waals surface area contributed by atoms with Crippen LogP contribution in [0.3, 0.4) is 0 Å². The van der Waals surface area contributed by atoms with E-state index < -0.39 is 6.04 Å². The van der Waals surface area contributed by atoms with Gasteiger partial charge in [-0.25, -0.2) is 4.98 Å². The average molecular weight is 332 g/mol. The summed E-state index contributed by atoms with van der Waals surface area (Å²) in [7, 11) is 3.37. The summed E-state index contributed by atoms with van der Waals surface area (Å²) < 4.78 is 0. The number of nitrogens with one attached hydrogen (secondary N) is 1. The minimum atomic E-state index is -0.420. The van der Waals surface area contributed by atoms with Gasteiger partial charge in [0.2, 0.25) is 5.91 Å².